The monoisotopic (exact) mass is 249 g/mol. The summed E-state index contributed by atoms with van der Waals surface area (Å²) in [6.07, 6.45) is 1.32. The molecule has 1 aliphatic rings. The van der Waals surface area contributed by atoms with E-state index in [1.54, 1.807) is 0 Å². The highest BCUT2D eigenvalue weighted by atomic mass is 32.2. The molecule has 2 atom stereocenters. The van der Waals surface area contributed by atoms with Gasteiger partial charge in [0.2, 0.25) is 0 Å². The molecule has 0 aliphatic carbocycles. The molecule has 1 fully saturated rings. The molecule has 1 heterocycles. The molecule has 2 rings (SSSR count). The Labute approximate surface area is 109 Å². The van der Waals surface area contributed by atoms with Gasteiger partial charge in [-0.25, -0.2) is 0 Å². The normalized spacial score (nSPS) is 24.5. The summed E-state index contributed by atoms with van der Waals surface area (Å²) in [5.74, 6) is 1.94. The van der Waals surface area contributed by atoms with Crippen LogP contribution in [-0.2, 0) is 6.54 Å². The zero-order valence-corrected chi connectivity index (χ0v) is 11.9. The first kappa shape index (κ1) is 13.0. The molecule has 0 radical (unpaired) electrons. The van der Waals surface area contributed by atoms with Gasteiger partial charge in [-0.2, -0.15) is 11.8 Å². The number of hydrogen-bond donors (Lipinski definition) is 1. The molecular weight excluding hydrogens is 226 g/mol. The summed E-state index contributed by atoms with van der Waals surface area (Å²) < 4.78 is 0. The Hall–Kier alpha value is -0.470. The lowest BCUT2D eigenvalue weighted by molar-refractivity contribution is 0.513. The minimum atomic E-state index is 0.628. The largest absolute Gasteiger partial charge is 0.309 e. The smallest absolute Gasteiger partial charge is 0.0208 e. The number of nitrogens with one attached hydrogen (secondary N) is 1. The summed E-state index contributed by atoms with van der Waals surface area (Å²) in [6, 6.07) is 9.73. The van der Waals surface area contributed by atoms with Crippen LogP contribution in [0.15, 0.2) is 24.3 Å². The van der Waals surface area contributed by atoms with Crippen molar-refractivity contribution >= 4 is 11.8 Å². The van der Waals surface area contributed by atoms with Crippen LogP contribution in [0.3, 0.4) is 0 Å². The molecule has 0 spiro atoms. The van der Waals surface area contributed by atoms with E-state index >= 15 is 0 Å². The Balaban J connectivity index is 1.86. The van der Waals surface area contributed by atoms with Crippen molar-refractivity contribution in [3.05, 3.63) is 35.4 Å². The Bertz CT molecular complexity index is 344. The van der Waals surface area contributed by atoms with Gasteiger partial charge in [-0.1, -0.05) is 45.0 Å². The van der Waals surface area contributed by atoms with Crippen molar-refractivity contribution in [3.63, 3.8) is 0 Å². The predicted molar refractivity (Wildman–Crippen MR) is 77.7 cm³/mol. The minimum absolute atomic E-state index is 0.628. The highest BCUT2D eigenvalue weighted by Gasteiger charge is 2.22. The minimum Gasteiger partial charge on any atom is -0.309 e. The number of hydrogen-bond acceptors (Lipinski definition) is 2. The van der Waals surface area contributed by atoms with Crippen molar-refractivity contribution in [2.24, 2.45) is 0 Å². The quantitative estimate of drug-likeness (QED) is 0.871. The summed E-state index contributed by atoms with van der Waals surface area (Å²) in [4.78, 5) is 0. The fraction of sp³-hybridized carbons (Fsp3) is 0.600. The molecule has 0 bridgehead atoms. The van der Waals surface area contributed by atoms with E-state index in [2.05, 4.69) is 62.1 Å². The number of rotatable bonds is 4. The highest BCUT2D eigenvalue weighted by molar-refractivity contribution is 8.00. The Kier molecular flexibility index (Phi) is 4.52. The third-order valence-electron chi connectivity index (χ3n) is 3.59. The summed E-state index contributed by atoms with van der Waals surface area (Å²) in [6.45, 7) is 7.82. The van der Waals surface area contributed by atoms with Crippen LogP contribution in [0, 0.1) is 0 Å². The van der Waals surface area contributed by atoms with E-state index < -0.39 is 0 Å². The van der Waals surface area contributed by atoms with Gasteiger partial charge in [0.05, 0.1) is 0 Å². The maximum absolute atomic E-state index is 3.68. The summed E-state index contributed by atoms with van der Waals surface area (Å²) in [7, 11) is 0. The second-order valence-corrected chi connectivity index (χ2v) is 6.73. The van der Waals surface area contributed by atoms with Gasteiger partial charge >= 0.3 is 0 Å². The van der Waals surface area contributed by atoms with Crippen LogP contribution < -0.4 is 5.32 Å². The van der Waals surface area contributed by atoms with E-state index in [9.17, 15) is 0 Å². The van der Waals surface area contributed by atoms with Crippen molar-refractivity contribution in [1.82, 2.24) is 5.32 Å². The van der Waals surface area contributed by atoms with Gasteiger partial charge in [-0.15, -0.1) is 0 Å². The van der Waals surface area contributed by atoms with E-state index in [1.807, 2.05) is 0 Å². The van der Waals surface area contributed by atoms with Gasteiger partial charge in [0.1, 0.15) is 0 Å². The van der Waals surface area contributed by atoms with Gasteiger partial charge < -0.3 is 5.32 Å². The summed E-state index contributed by atoms with van der Waals surface area (Å²) >= 11 is 2.08. The number of benzene rings is 1. The van der Waals surface area contributed by atoms with Crippen molar-refractivity contribution in [2.45, 2.75) is 50.9 Å². The van der Waals surface area contributed by atoms with Crippen LogP contribution in [0.1, 0.15) is 44.2 Å². The zero-order valence-electron chi connectivity index (χ0n) is 11.1. The van der Waals surface area contributed by atoms with Crippen LogP contribution in [-0.4, -0.2) is 17.0 Å². The second-order valence-electron chi connectivity index (χ2n) is 5.25. The van der Waals surface area contributed by atoms with E-state index in [4.69, 9.17) is 0 Å². The first-order chi connectivity index (χ1) is 8.16. The summed E-state index contributed by atoms with van der Waals surface area (Å²) in [5, 5.41) is 4.44. The van der Waals surface area contributed by atoms with Crippen molar-refractivity contribution < 1.29 is 0 Å². The van der Waals surface area contributed by atoms with Gasteiger partial charge in [0.15, 0.2) is 0 Å². The van der Waals surface area contributed by atoms with Crippen LogP contribution in [0.4, 0.5) is 0 Å². The fourth-order valence-electron chi connectivity index (χ4n) is 2.27. The Morgan fingerprint density at radius 1 is 1.29 bits per heavy atom. The maximum Gasteiger partial charge on any atom is 0.0208 e. The predicted octanol–water partition coefficient (Wildman–Crippen LogP) is 3.79. The van der Waals surface area contributed by atoms with Crippen molar-refractivity contribution in [1.29, 1.82) is 0 Å². The molecule has 0 aromatic heterocycles. The zero-order chi connectivity index (χ0) is 12.3. The van der Waals surface area contributed by atoms with Gasteiger partial charge in [-0.05, 0) is 29.2 Å². The highest BCUT2D eigenvalue weighted by Crippen LogP contribution is 2.26. The van der Waals surface area contributed by atoms with Crippen LogP contribution in [0.25, 0.3) is 0 Å². The first-order valence-electron chi connectivity index (χ1n) is 6.60. The van der Waals surface area contributed by atoms with E-state index in [-0.39, 0.29) is 0 Å². The molecule has 0 saturated carbocycles. The van der Waals surface area contributed by atoms with E-state index in [1.165, 1.54) is 23.3 Å². The molecule has 2 unspecified atom stereocenters. The first-order valence-corrected chi connectivity index (χ1v) is 7.65. The SMILES string of the molecule is CC(C)c1ccc(CNC2CCSC2C)cc1. The molecule has 2 heteroatoms. The molecule has 1 saturated heterocycles. The average molecular weight is 249 g/mol. The lowest BCUT2D eigenvalue weighted by Gasteiger charge is -2.16. The van der Waals surface area contributed by atoms with E-state index in [0.717, 1.165) is 11.8 Å². The molecule has 1 aromatic carbocycles. The lowest BCUT2D eigenvalue weighted by atomic mass is 10.0. The fourth-order valence-corrected chi connectivity index (χ4v) is 3.50. The van der Waals surface area contributed by atoms with E-state index in [0.29, 0.717) is 12.0 Å². The van der Waals surface area contributed by atoms with Crippen LogP contribution >= 0.6 is 11.8 Å². The van der Waals surface area contributed by atoms with Crippen LogP contribution in [0.2, 0.25) is 0 Å². The van der Waals surface area contributed by atoms with Crippen molar-refractivity contribution in [3.8, 4) is 0 Å². The van der Waals surface area contributed by atoms with Crippen LogP contribution in [0.5, 0.6) is 0 Å². The molecule has 94 valence electrons. The molecule has 1 N–H and O–H groups in total. The molecule has 1 nitrogen and oxygen atoms in total. The van der Waals surface area contributed by atoms with Gasteiger partial charge in [-0.3, -0.25) is 0 Å². The average Bonchev–Trinajstić information content (AvgIpc) is 2.73. The molecule has 1 aromatic rings. The lowest BCUT2D eigenvalue weighted by Crippen LogP contribution is -2.32. The number of thioether (sulfide) groups is 1. The third-order valence-corrected chi connectivity index (χ3v) is 4.92. The topological polar surface area (TPSA) is 12.0 Å². The molecule has 0 amide bonds. The third kappa shape index (κ3) is 3.49. The standard InChI is InChI=1S/C15H23NS/c1-11(2)14-6-4-13(5-7-14)10-16-15-8-9-17-12(15)3/h4-7,11-12,15-16H,8-10H2,1-3H3. The maximum atomic E-state index is 3.68. The Morgan fingerprint density at radius 3 is 2.53 bits per heavy atom. The Morgan fingerprint density at radius 2 is 2.00 bits per heavy atom. The van der Waals surface area contributed by atoms with Gasteiger partial charge in [0.25, 0.3) is 0 Å². The summed E-state index contributed by atoms with van der Waals surface area (Å²) in [5.41, 5.74) is 2.83. The van der Waals surface area contributed by atoms with Gasteiger partial charge in [0, 0.05) is 17.8 Å². The molecular formula is C15H23NS. The second kappa shape index (κ2) is 5.92. The van der Waals surface area contributed by atoms with Crippen molar-refractivity contribution in [2.75, 3.05) is 5.75 Å². The molecule has 17 heavy (non-hydrogen) atoms. The molecule has 1 aliphatic heterocycles.